The van der Waals surface area contributed by atoms with Crippen molar-refractivity contribution in [1.29, 1.82) is 0 Å². The van der Waals surface area contributed by atoms with E-state index >= 15 is 0 Å². The Labute approximate surface area is 173 Å². The van der Waals surface area contributed by atoms with Gasteiger partial charge in [-0.2, -0.15) is 0 Å². The zero-order chi connectivity index (χ0) is 19.4. The summed E-state index contributed by atoms with van der Waals surface area (Å²) in [4.78, 5) is 28.3. The van der Waals surface area contributed by atoms with Crippen LogP contribution in [0.1, 0.15) is 23.7 Å². The number of hydrogen-bond acceptors (Lipinski definition) is 4. The third kappa shape index (κ3) is 4.94. The molecule has 1 heterocycles. The van der Waals surface area contributed by atoms with Gasteiger partial charge in [0.1, 0.15) is 0 Å². The summed E-state index contributed by atoms with van der Waals surface area (Å²) >= 11 is 10.8. The molecule has 0 aliphatic carbocycles. The number of carbonyl (C=O) groups excluding carboxylic acids is 2. The van der Waals surface area contributed by atoms with Gasteiger partial charge >= 0.3 is 0 Å². The van der Waals surface area contributed by atoms with Crippen LogP contribution in [0.4, 0.5) is 10.8 Å². The van der Waals surface area contributed by atoms with Crippen molar-refractivity contribution in [1.82, 2.24) is 4.98 Å². The van der Waals surface area contributed by atoms with Gasteiger partial charge in [0.2, 0.25) is 5.91 Å². The van der Waals surface area contributed by atoms with E-state index in [9.17, 15) is 9.59 Å². The van der Waals surface area contributed by atoms with Crippen LogP contribution < -0.4 is 10.6 Å². The molecule has 2 N–H and O–H groups in total. The summed E-state index contributed by atoms with van der Waals surface area (Å²) in [6, 6.07) is 12.5. The molecule has 5 nitrogen and oxygen atoms in total. The number of thiazole rings is 1. The quantitative estimate of drug-likeness (QED) is 0.499. The molecule has 0 fully saturated rings. The molecule has 0 aliphatic heterocycles. The topological polar surface area (TPSA) is 71.1 Å². The fourth-order valence-electron chi connectivity index (χ4n) is 2.27. The number of hydrogen-bond donors (Lipinski definition) is 2. The summed E-state index contributed by atoms with van der Waals surface area (Å²) in [5.41, 5.74) is 2.74. The van der Waals surface area contributed by atoms with E-state index in [0.717, 1.165) is 21.4 Å². The Morgan fingerprint density at radius 3 is 2.59 bits per heavy atom. The van der Waals surface area contributed by atoms with Crippen molar-refractivity contribution in [2.45, 2.75) is 13.3 Å². The van der Waals surface area contributed by atoms with Gasteiger partial charge in [-0.25, -0.2) is 4.98 Å². The Bertz CT molecular complexity index is 989. The molecule has 2 aromatic carbocycles. The predicted molar refractivity (Wildman–Crippen MR) is 114 cm³/mol. The van der Waals surface area contributed by atoms with Gasteiger partial charge in [0, 0.05) is 27.5 Å². The molecule has 0 saturated carbocycles. The lowest BCUT2D eigenvalue weighted by Gasteiger charge is -2.05. The molecule has 0 atom stereocenters. The standard InChI is InChI=1S/C19H15BrClN3O2S/c1-2-17(25)22-13-6-3-11(4-7-13)16-10-27-19(23-16)24-18(26)14-9-12(20)5-8-15(14)21/h3-10H,2H2,1H3,(H,22,25)(H,23,24,26). The minimum absolute atomic E-state index is 0.0346. The largest absolute Gasteiger partial charge is 0.326 e. The highest BCUT2D eigenvalue weighted by Gasteiger charge is 2.13. The summed E-state index contributed by atoms with van der Waals surface area (Å²) in [7, 11) is 0. The van der Waals surface area contributed by atoms with Crippen LogP contribution in [0.15, 0.2) is 52.3 Å². The van der Waals surface area contributed by atoms with Crippen molar-refractivity contribution in [2.75, 3.05) is 10.6 Å². The maximum Gasteiger partial charge on any atom is 0.258 e. The highest BCUT2D eigenvalue weighted by atomic mass is 79.9. The van der Waals surface area contributed by atoms with Crippen molar-refractivity contribution in [3.63, 3.8) is 0 Å². The molecule has 0 saturated heterocycles. The first-order chi connectivity index (χ1) is 13.0. The van der Waals surface area contributed by atoms with Crippen molar-refractivity contribution in [3.8, 4) is 11.3 Å². The average Bonchev–Trinajstić information content (AvgIpc) is 3.12. The van der Waals surface area contributed by atoms with Crippen LogP contribution in [-0.4, -0.2) is 16.8 Å². The Hall–Kier alpha value is -2.22. The van der Waals surface area contributed by atoms with Gasteiger partial charge in [-0.3, -0.25) is 14.9 Å². The van der Waals surface area contributed by atoms with E-state index in [4.69, 9.17) is 11.6 Å². The Morgan fingerprint density at radius 1 is 1.15 bits per heavy atom. The van der Waals surface area contributed by atoms with Gasteiger partial charge in [-0.15, -0.1) is 11.3 Å². The molecule has 8 heteroatoms. The van der Waals surface area contributed by atoms with Crippen LogP contribution in [0.3, 0.4) is 0 Å². The minimum atomic E-state index is -0.320. The number of carbonyl (C=O) groups is 2. The monoisotopic (exact) mass is 463 g/mol. The molecule has 3 aromatic rings. The summed E-state index contributed by atoms with van der Waals surface area (Å²) in [6.45, 7) is 1.80. The minimum Gasteiger partial charge on any atom is -0.326 e. The number of benzene rings is 2. The van der Waals surface area contributed by atoms with E-state index in [1.165, 1.54) is 11.3 Å². The van der Waals surface area contributed by atoms with Crippen LogP contribution in [0.5, 0.6) is 0 Å². The third-order valence-corrected chi connectivity index (χ3v) is 5.26. The van der Waals surface area contributed by atoms with Crippen LogP contribution in [-0.2, 0) is 4.79 Å². The van der Waals surface area contributed by atoms with Crippen molar-refractivity contribution < 1.29 is 9.59 Å². The molecule has 0 unspecified atom stereocenters. The van der Waals surface area contributed by atoms with E-state index in [0.29, 0.717) is 22.1 Å². The smallest absolute Gasteiger partial charge is 0.258 e. The number of nitrogens with one attached hydrogen (secondary N) is 2. The summed E-state index contributed by atoms with van der Waals surface area (Å²) in [6.07, 6.45) is 0.429. The number of rotatable bonds is 5. The fourth-order valence-corrected chi connectivity index (χ4v) is 3.55. The highest BCUT2D eigenvalue weighted by Crippen LogP contribution is 2.27. The molecule has 138 valence electrons. The number of halogens is 2. The normalized spacial score (nSPS) is 10.5. The Morgan fingerprint density at radius 2 is 1.89 bits per heavy atom. The third-order valence-electron chi connectivity index (χ3n) is 3.68. The summed E-state index contributed by atoms with van der Waals surface area (Å²) < 4.78 is 0.770. The zero-order valence-corrected chi connectivity index (χ0v) is 17.4. The Kier molecular flexibility index (Phi) is 6.26. The number of anilines is 2. The highest BCUT2D eigenvalue weighted by molar-refractivity contribution is 9.10. The molecule has 27 heavy (non-hydrogen) atoms. The summed E-state index contributed by atoms with van der Waals surface area (Å²) in [5, 5.41) is 8.28. The van der Waals surface area contributed by atoms with Gasteiger partial charge in [0.15, 0.2) is 5.13 Å². The SMILES string of the molecule is CCC(=O)Nc1ccc(-c2csc(NC(=O)c3cc(Br)ccc3Cl)n2)cc1. The molecule has 0 bridgehead atoms. The lowest BCUT2D eigenvalue weighted by atomic mass is 10.1. The molecule has 2 amide bonds. The number of aromatic nitrogens is 1. The van der Waals surface area contributed by atoms with Gasteiger partial charge in [-0.1, -0.05) is 46.6 Å². The van der Waals surface area contributed by atoms with E-state index < -0.39 is 0 Å². The van der Waals surface area contributed by atoms with Crippen LogP contribution >= 0.6 is 38.9 Å². The van der Waals surface area contributed by atoms with Crippen LogP contribution in [0.25, 0.3) is 11.3 Å². The lowest BCUT2D eigenvalue weighted by Crippen LogP contribution is -2.12. The second kappa shape index (κ2) is 8.65. The number of nitrogens with zero attached hydrogens (tertiary/aromatic N) is 1. The molecule has 1 aromatic heterocycles. The van der Waals surface area contributed by atoms with Gasteiger partial charge in [-0.05, 0) is 30.3 Å². The van der Waals surface area contributed by atoms with Crippen molar-refractivity contribution in [3.05, 3.63) is 62.9 Å². The molecule has 3 rings (SSSR count). The Balaban J connectivity index is 1.72. The molecule has 0 aliphatic rings. The predicted octanol–water partition coefficient (Wildman–Crippen LogP) is 5.83. The van der Waals surface area contributed by atoms with Crippen molar-refractivity contribution in [2.24, 2.45) is 0 Å². The molecule has 0 radical (unpaired) electrons. The summed E-state index contributed by atoms with van der Waals surface area (Å²) in [5.74, 6) is -0.354. The lowest BCUT2D eigenvalue weighted by molar-refractivity contribution is -0.115. The number of amides is 2. The molecular weight excluding hydrogens is 450 g/mol. The van der Waals surface area contributed by atoms with E-state index in [1.54, 1.807) is 25.1 Å². The fraction of sp³-hybridized carbons (Fsp3) is 0.105. The molecule has 0 spiro atoms. The van der Waals surface area contributed by atoms with Gasteiger partial charge in [0.05, 0.1) is 16.3 Å². The van der Waals surface area contributed by atoms with E-state index in [-0.39, 0.29) is 11.8 Å². The maximum absolute atomic E-state index is 12.4. The van der Waals surface area contributed by atoms with Gasteiger partial charge < -0.3 is 5.32 Å². The zero-order valence-electron chi connectivity index (χ0n) is 14.3. The second-order valence-electron chi connectivity index (χ2n) is 5.60. The average molecular weight is 465 g/mol. The van der Waals surface area contributed by atoms with E-state index in [2.05, 4.69) is 31.5 Å². The van der Waals surface area contributed by atoms with E-state index in [1.807, 2.05) is 29.6 Å². The second-order valence-corrected chi connectivity index (χ2v) is 7.78. The van der Waals surface area contributed by atoms with Crippen molar-refractivity contribution >= 4 is 61.5 Å². The van der Waals surface area contributed by atoms with Crippen LogP contribution in [0.2, 0.25) is 5.02 Å². The first-order valence-corrected chi connectivity index (χ1v) is 10.1. The first kappa shape index (κ1) is 19.5. The van der Waals surface area contributed by atoms with Gasteiger partial charge in [0.25, 0.3) is 5.91 Å². The van der Waals surface area contributed by atoms with Crippen LogP contribution in [0, 0.1) is 0 Å². The molecular formula is C19H15BrClN3O2S. The maximum atomic E-state index is 12.4. The first-order valence-electron chi connectivity index (χ1n) is 8.08.